The van der Waals surface area contributed by atoms with E-state index in [0.29, 0.717) is 22.6 Å². The number of amides is 3. The summed E-state index contributed by atoms with van der Waals surface area (Å²) < 4.78 is 10.6. The molecule has 0 bridgehead atoms. The first-order valence-electron chi connectivity index (χ1n) is 7.72. The molecule has 0 saturated carbocycles. The number of nitrogens with one attached hydrogen (secondary N) is 1. The fourth-order valence-corrected chi connectivity index (χ4v) is 2.86. The molecule has 7 heteroatoms. The summed E-state index contributed by atoms with van der Waals surface area (Å²) in [6, 6.07) is 7.68. The number of ketones is 1. The van der Waals surface area contributed by atoms with Crippen LogP contribution in [0.25, 0.3) is 0 Å². The molecule has 1 fully saturated rings. The summed E-state index contributed by atoms with van der Waals surface area (Å²) in [7, 11) is 1.49. The van der Waals surface area contributed by atoms with Crippen LogP contribution in [0.2, 0.25) is 0 Å². The zero-order valence-electron chi connectivity index (χ0n) is 14.2. The maximum absolute atomic E-state index is 12.8. The molecule has 0 aliphatic carbocycles. The van der Waals surface area contributed by atoms with Crippen LogP contribution in [0.3, 0.4) is 0 Å². The van der Waals surface area contributed by atoms with Crippen LogP contribution in [0.15, 0.2) is 41.0 Å². The van der Waals surface area contributed by atoms with Crippen LogP contribution in [0.5, 0.6) is 5.75 Å². The quantitative estimate of drug-likeness (QED) is 0.666. The molecule has 25 heavy (non-hydrogen) atoms. The van der Waals surface area contributed by atoms with Gasteiger partial charge in [-0.3, -0.25) is 14.5 Å². The second kappa shape index (κ2) is 6.08. The number of imide groups is 1. The van der Waals surface area contributed by atoms with Crippen molar-refractivity contribution in [2.45, 2.75) is 25.9 Å². The van der Waals surface area contributed by atoms with E-state index >= 15 is 0 Å². The van der Waals surface area contributed by atoms with E-state index in [0.717, 1.165) is 4.90 Å². The first-order chi connectivity index (χ1) is 11.9. The minimum atomic E-state index is -1.26. The van der Waals surface area contributed by atoms with E-state index in [9.17, 15) is 14.4 Å². The summed E-state index contributed by atoms with van der Waals surface area (Å²) in [5.41, 5.74) is -0.203. The van der Waals surface area contributed by atoms with Gasteiger partial charge in [0.25, 0.3) is 5.91 Å². The van der Waals surface area contributed by atoms with Crippen LogP contribution in [-0.4, -0.2) is 29.7 Å². The first-order valence-corrected chi connectivity index (χ1v) is 7.72. The van der Waals surface area contributed by atoms with Gasteiger partial charge in [0.15, 0.2) is 11.3 Å². The van der Waals surface area contributed by atoms with Crippen molar-refractivity contribution in [1.82, 2.24) is 10.2 Å². The van der Waals surface area contributed by atoms with Gasteiger partial charge in [0.05, 0.1) is 19.9 Å². The van der Waals surface area contributed by atoms with E-state index < -0.39 is 17.5 Å². The van der Waals surface area contributed by atoms with Gasteiger partial charge in [0.1, 0.15) is 11.5 Å². The number of carbonyl (C=O) groups excluding carboxylic acids is 3. The van der Waals surface area contributed by atoms with Crippen molar-refractivity contribution in [3.63, 3.8) is 0 Å². The standard InChI is InChI=1S/C18H18N2O5/c1-11(21)12-6-7-14(24-3)13(9-12)10-20-16(22)18(2,19-17(20)23)15-5-4-8-25-15/h4-9H,10H2,1-3H3,(H,19,23). The summed E-state index contributed by atoms with van der Waals surface area (Å²) >= 11 is 0. The van der Waals surface area contributed by atoms with Gasteiger partial charge in [-0.2, -0.15) is 0 Å². The largest absolute Gasteiger partial charge is 0.496 e. The highest BCUT2D eigenvalue weighted by molar-refractivity contribution is 6.06. The van der Waals surface area contributed by atoms with Crippen molar-refractivity contribution in [2.24, 2.45) is 0 Å². The second-order valence-electron chi connectivity index (χ2n) is 6.01. The molecule has 1 atom stereocenters. The second-order valence-corrected chi connectivity index (χ2v) is 6.01. The van der Waals surface area contributed by atoms with Gasteiger partial charge >= 0.3 is 6.03 Å². The molecular weight excluding hydrogens is 324 g/mol. The Hall–Kier alpha value is -3.09. The Kier molecular flexibility index (Phi) is 4.08. The van der Waals surface area contributed by atoms with Gasteiger partial charge in [0.2, 0.25) is 0 Å². The molecule has 0 radical (unpaired) electrons. The average molecular weight is 342 g/mol. The van der Waals surface area contributed by atoms with Gasteiger partial charge in [-0.15, -0.1) is 0 Å². The number of hydrogen-bond donors (Lipinski definition) is 1. The van der Waals surface area contributed by atoms with Crippen LogP contribution in [0.4, 0.5) is 4.79 Å². The predicted octanol–water partition coefficient (Wildman–Crippen LogP) is 2.46. The van der Waals surface area contributed by atoms with E-state index in [2.05, 4.69) is 5.32 Å². The zero-order valence-corrected chi connectivity index (χ0v) is 14.2. The molecule has 3 rings (SSSR count). The Bertz CT molecular complexity index is 843. The lowest BCUT2D eigenvalue weighted by Crippen LogP contribution is -2.40. The third kappa shape index (κ3) is 2.77. The number of furan rings is 1. The first kappa shape index (κ1) is 16.8. The van der Waals surface area contributed by atoms with Crippen molar-refractivity contribution in [1.29, 1.82) is 0 Å². The van der Waals surface area contributed by atoms with E-state index in [-0.39, 0.29) is 12.3 Å². The minimum Gasteiger partial charge on any atom is -0.496 e. The Morgan fingerprint density at radius 2 is 2.08 bits per heavy atom. The highest BCUT2D eigenvalue weighted by atomic mass is 16.5. The maximum atomic E-state index is 12.8. The maximum Gasteiger partial charge on any atom is 0.325 e. The predicted molar refractivity (Wildman–Crippen MR) is 88.1 cm³/mol. The summed E-state index contributed by atoms with van der Waals surface area (Å²) in [5, 5.41) is 2.66. The summed E-state index contributed by atoms with van der Waals surface area (Å²) in [6.45, 7) is 3.04. The summed E-state index contributed by atoms with van der Waals surface area (Å²) in [5.74, 6) is 0.319. The number of benzene rings is 1. The molecule has 1 N–H and O–H groups in total. The average Bonchev–Trinajstić information content (AvgIpc) is 3.19. The van der Waals surface area contributed by atoms with Crippen LogP contribution in [0, 0.1) is 0 Å². The van der Waals surface area contributed by atoms with Gasteiger partial charge in [-0.1, -0.05) is 0 Å². The molecule has 1 aliphatic rings. The van der Waals surface area contributed by atoms with Crippen molar-refractivity contribution in [3.05, 3.63) is 53.5 Å². The monoisotopic (exact) mass is 342 g/mol. The number of Topliss-reactive ketones (excluding diaryl/α,β-unsaturated/α-hetero) is 1. The van der Waals surface area contributed by atoms with Gasteiger partial charge < -0.3 is 14.5 Å². The molecule has 130 valence electrons. The highest BCUT2D eigenvalue weighted by Gasteiger charge is 2.51. The van der Waals surface area contributed by atoms with E-state index in [1.165, 1.54) is 20.3 Å². The fraction of sp³-hybridized carbons (Fsp3) is 0.278. The molecule has 1 saturated heterocycles. The number of ether oxygens (including phenoxy) is 1. The normalized spacial score (nSPS) is 19.9. The molecule has 1 aromatic heterocycles. The van der Waals surface area contributed by atoms with Crippen molar-refractivity contribution < 1.29 is 23.5 Å². The Balaban J connectivity index is 1.93. The fourth-order valence-electron chi connectivity index (χ4n) is 2.86. The number of rotatable bonds is 5. The molecule has 2 heterocycles. The number of carbonyl (C=O) groups is 3. The molecule has 1 aromatic carbocycles. The Morgan fingerprint density at radius 3 is 2.68 bits per heavy atom. The molecule has 3 amide bonds. The van der Waals surface area contributed by atoms with Crippen LogP contribution in [0.1, 0.15) is 35.5 Å². The van der Waals surface area contributed by atoms with Crippen molar-refractivity contribution in [3.8, 4) is 5.75 Å². The summed E-state index contributed by atoms with van der Waals surface area (Å²) in [6.07, 6.45) is 1.45. The molecule has 1 aliphatic heterocycles. The third-order valence-electron chi connectivity index (χ3n) is 4.30. The van der Waals surface area contributed by atoms with E-state index in [4.69, 9.17) is 9.15 Å². The SMILES string of the molecule is COc1ccc(C(C)=O)cc1CN1C(=O)NC(C)(c2ccco2)C1=O. The number of nitrogens with zero attached hydrogens (tertiary/aromatic N) is 1. The Morgan fingerprint density at radius 1 is 1.32 bits per heavy atom. The lowest BCUT2D eigenvalue weighted by atomic mass is 9.99. The van der Waals surface area contributed by atoms with E-state index in [1.807, 2.05) is 0 Å². The van der Waals surface area contributed by atoms with Gasteiger partial charge in [-0.05, 0) is 44.2 Å². The Labute approximate surface area is 144 Å². The highest BCUT2D eigenvalue weighted by Crippen LogP contribution is 2.31. The molecular formula is C18H18N2O5. The number of urea groups is 1. The van der Waals surface area contributed by atoms with Crippen LogP contribution in [-0.2, 0) is 16.9 Å². The third-order valence-corrected chi connectivity index (χ3v) is 4.30. The van der Waals surface area contributed by atoms with E-state index in [1.54, 1.807) is 37.3 Å². The van der Waals surface area contributed by atoms with Crippen molar-refractivity contribution >= 4 is 17.7 Å². The summed E-state index contributed by atoms with van der Waals surface area (Å²) in [4.78, 5) is 37.9. The topological polar surface area (TPSA) is 88.8 Å². The molecule has 1 unspecified atom stereocenters. The lowest BCUT2D eigenvalue weighted by molar-refractivity contribution is -0.132. The lowest BCUT2D eigenvalue weighted by Gasteiger charge is -2.19. The van der Waals surface area contributed by atoms with Gasteiger partial charge in [0, 0.05) is 11.1 Å². The molecule has 0 spiro atoms. The number of methoxy groups -OCH3 is 1. The van der Waals surface area contributed by atoms with Crippen molar-refractivity contribution in [2.75, 3.05) is 7.11 Å². The van der Waals surface area contributed by atoms with Crippen LogP contribution < -0.4 is 10.1 Å². The van der Waals surface area contributed by atoms with Crippen LogP contribution >= 0.6 is 0 Å². The van der Waals surface area contributed by atoms with Gasteiger partial charge in [-0.25, -0.2) is 4.79 Å². The molecule has 2 aromatic rings. The smallest absolute Gasteiger partial charge is 0.325 e. The number of hydrogen-bond acceptors (Lipinski definition) is 5. The minimum absolute atomic E-state index is 0.00867. The zero-order chi connectivity index (χ0) is 18.2. The molecule has 7 nitrogen and oxygen atoms in total.